The molecule has 0 aliphatic carbocycles. The summed E-state index contributed by atoms with van der Waals surface area (Å²) < 4.78 is 7.15. The first-order chi connectivity index (χ1) is 9.04. The van der Waals surface area contributed by atoms with Crippen molar-refractivity contribution in [1.29, 1.82) is 0 Å². The van der Waals surface area contributed by atoms with Crippen LogP contribution in [0.2, 0.25) is 0 Å². The number of hydrogen-bond acceptors (Lipinski definition) is 3. The second kappa shape index (κ2) is 4.93. The van der Waals surface area contributed by atoms with Gasteiger partial charge >= 0.3 is 0 Å². The summed E-state index contributed by atoms with van der Waals surface area (Å²) in [6, 6.07) is 8.07. The van der Waals surface area contributed by atoms with Gasteiger partial charge in [-0.3, -0.25) is 0 Å². The lowest BCUT2D eigenvalue weighted by atomic mass is 9.97. The summed E-state index contributed by atoms with van der Waals surface area (Å²) in [6.07, 6.45) is 0.109. The molecule has 1 aromatic carbocycles. The number of aliphatic hydroxyl groups is 1. The van der Waals surface area contributed by atoms with E-state index < -0.39 is 6.10 Å². The molecule has 3 rings (SSSR count). The van der Waals surface area contributed by atoms with E-state index >= 15 is 0 Å². The quantitative estimate of drug-likeness (QED) is 0.817. The van der Waals surface area contributed by atoms with Gasteiger partial charge in [-0.1, -0.05) is 11.6 Å². The maximum Gasteiger partial charge on any atom is 0.136 e. The van der Waals surface area contributed by atoms with Crippen LogP contribution in [-0.2, 0) is 0 Å². The lowest BCUT2D eigenvalue weighted by Crippen LogP contribution is -2.18. The first-order valence-corrected chi connectivity index (χ1v) is 7.86. The molecule has 0 bridgehead atoms. The first-order valence-electron chi connectivity index (χ1n) is 6.25. The largest absolute Gasteiger partial charge is 0.484 e. The maximum absolute atomic E-state index is 10.3. The number of fused-ring (bicyclic) bond motifs is 1. The molecule has 1 aromatic heterocycles. The Kier molecular flexibility index (Phi) is 3.41. The fourth-order valence-corrected chi connectivity index (χ4v) is 3.98. The summed E-state index contributed by atoms with van der Waals surface area (Å²) in [4.78, 5) is 2.40. The van der Waals surface area contributed by atoms with E-state index in [0.29, 0.717) is 6.42 Å². The second-order valence-electron chi connectivity index (χ2n) is 4.95. The van der Waals surface area contributed by atoms with Crippen LogP contribution in [0.3, 0.4) is 0 Å². The Morgan fingerprint density at radius 3 is 2.79 bits per heavy atom. The van der Waals surface area contributed by atoms with Crippen LogP contribution in [0.4, 0.5) is 0 Å². The highest BCUT2D eigenvalue weighted by molar-refractivity contribution is 9.10. The summed E-state index contributed by atoms with van der Waals surface area (Å²) in [6.45, 7) is 4.10. The van der Waals surface area contributed by atoms with Gasteiger partial charge in [-0.25, -0.2) is 0 Å². The standard InChI is InChI=1S/C15H15BrO2S/c1-8-3-4-13-10(5-8)12(17)7-14(18-13)15-6-11(16)9(2)19-15/h3-6,12,14,17H,7H2,1-2H3. The highest BCUT2D eigenvalue weighted by atomic mass is 79.9. The number of benzene rings is 1. The van der Waals surface area contributed by atoms with Gasteiger partial charge in [-0.05, 0) is 48.0 Å². The Labute approximate surface area is 125 Å². The molecule has 0 radical (unpaired) electrons. The molecule has 1 N–H and O–H groups in total. The Balaban J connectivity index is 1.94. The monoisotopic (exact) mass is 338 g/mol. The molecule has 1 aliphatic heterocycles. The van der Waals surface area contributed by atoms with Crippen LogP contribution in [0.15, 0.2) is 28.7 Å². The molecule has 2 nitrogen and oxygen atoms in total. The highest BCUT2D eigenvalue weighted by Crippen LogP contribution is 2.43. The molecule has 0 amide bonds. The van der Waals surface area contributed by atoms with E-state index in [9.17, 15) is 5.11 Å². The fraction of sp³-hybridized carbons (Fsp3) is 0.333. The van der Waals surface area contributed by atoms with E-state index in [-0.39, 0.29) is 6.10 Å². The van der Waals surface area contributed by atoms with E-state index in [1.807, 2.05) is 25.1 Å². The van der Waals surface area contributed by atoms with Gasteiger partial charge in [0.05, 0.1) is 6.10 Å². The smallest absolute Gasteiger partial charge is 0.136 e. The summed E-state index contributed by atoms with van der Waals surface area (Å²) in [5.41, 5.74) is 2.05. The number of halogens is 1. The normalized spacial score (nSPS) is 21.9. The number of aryl methyl sites for hydroxylation is 2. The van der Waals surface area contributed by atoms with Crippen molar-refractivity contribution in [1.82, 2.24) is 0 Å². The fourth-order valence-electron chi connectivity index (χ4n) is 2.38. The maximum atomic E-state index is 10.3. The number of ether oxygens (including phenoxy) is 1. The third kappa shape index (κ3) is 2.45. The Morgan fingerprint density at radius 1 is 1.32 bits per heavy atom. The topological polar surface area (TPSA) is 29.5 Å². The van der Waals surface area contributed by atoms with Gasteiger partial charge in [0.15, 0.2) is 0 Å². The van der Waals surface area contributed by atoms with Crippen LogP contribution >= 0.6 is 27.3 Å². The Bertz CT molecular complexity index is 601. The summed E-state index contributed by atoms with van der Waals surface area (Å²) in [5, 5.41) is 10.3. The van der Waals surface area contributed by atoms with Crippen molar-refractivity contribution in [3.63, 3.8) is 0 Å². The molecule has 0 spiro atoms. The van der Waals surface area contributed by atoms with Crippen molar-refractivity contribution in [2.24, 2.45) is 0 Å². The predicted molar refractivity (Wildman–Crippen MR) is 80.9 cm³/mol. The number of rotatable bonds is 1. The molecular weight excluding hydrogens is 324 g/mol. The van der Waals surface area contributed by atoms with Crippen LogP contribution in [0.5, 0.6) is 5.75 Å². The van der Waals surface area contributed by atoms with Crippen molar-refractivity contribution in [2.75, 3.05) is 0 Å². The second-order valence-corrected chi connectivity index (χ2v) is 7.09. The summed E-state index contributed by atoms with van der Waals surface area (Å²) in [5.74, 6) is 0.802. The summed E-state index contributed by atoms with van der Waals surface area (Å²) in [7, 11) is 0. The first kappa shape index (κ1) is 13.2. The highest BCUT2D eigenvalue weighted by Gasteiger charge is 2.29. The number of hydrogen-bond donors (Lipinski definition) is 1. The average Bonchev–Trinajstić information content (AvgIpc) is 2.70. The molecule has 2 unspecified atom stereocenters. The van der Waals surface area contributed by atoms with Crippen molar-refractivity contribution in [2.45, 2.75) is 32.5 Å². The van der Waals surface area contributed by atoms with Crippen LogP contribution in [0.25, 0.3) is 0 Å². The molecule has 4 heteroatoms. The van der Waals surface area contributed by atoms with Gasteiger partial charge in [0.2, 0.25) is 0 Å². The third-order valence-corrected chi connectivity index (χ3v) is 5.65. The molecule has 100 valence electrons. The molecule has 19 heavy (non-hydrogen) atoms. The van der Waals surface area contributed by atoms with E-state index in [1.165, 1.54) is 4.88 Å². The van der Waals surface area contributed by atoms with Gasteiger partial charge in [0, 0.05) is 26.2 Å². The minimum absolute atomic E-state index is 0.0554. The van der Waals surface area contributed by atoms with E-state index in [4.69, 9.17) is 4.74 Å². The van der Waals surface area contributed by atoms with Crippen LogP contribution in [0.1, 0.15) is 39.5 Å². The Hall–Kier alpha value is -0.840. The van der Waals surface area contributed by atoms with Gasteiger partial charge in [0.25, 0.3) is 0 Å². The van der Waals surface area contributed by atoms with Crippen molar-refractivity contribution >= 4 is 27.3 Å². The molecule has 1 aliphatic rings. The molecule has 2 aromatic rings. The van der Waals surface area contributed by atoms with E-state index in [0.717, 1.165) is 26.2 Å². The third-order valence-electron chi connectivity index (χ3n) is 3.42. The van der Waals surface area contributed by atoms with Crippen LogP contribution in [0, 0.1) is 13.8 Å². The molecule has 0 saturated heterocycles. The van der Waals surface area contributed by atoms with Gasteiger partial charge in [0.1, 0.15) is 11.9 Å². The zero-order valence-corrected chi connectivity index (χ0v) is 13.2. The molecule has 0 saturated carbocycles. The minimum Gasteiger partial charge on any atom is -0.484 e. The zero-order chi connectivity index (χ0) is 13.6. The lowest BCUT2D eigenvalue weighted by molar-refractivity contribution is 0.0673. The molecule has 2 atom stereocenters. The lowest BCUT2D eigenvalue weighted by Gasteiger charge is -2.29. The molecular formula is C15H15BrO2S. The summed E-state index contributed by atoms with van der Waals surface area (Å²) >= 11 is 5.25. The van der Waals surface area contributed by atoms with Gasteiger partial charge in [-0.15, -0.1) is 11.3 Å². The van der Waals surface area contributed by atoms with Crippen molar-refractivity contribution in [3.8, 4) is 5.75 Å². The van der Waals surface area contributed by atoms with Crippen molar-refractivity contribution in [3.05, 3.63) is 49.6 Å². The average molecular weight is 339 g/mol. The van der Waals surface area contributed by atoms with E-state index in [1.54, 1.807) is 11.3 Å². The Morgan fingerprint density at radius 2 is 2.11 bits per heavy atom. The van der Waals surface area contributed by atoms with Gasteiger partial charge < -0.3 is 9.84 Å². The van der Waals surface area contributed by atoms with Crippen molar-refractivity contribution < 1.29 is 9.84 Å². The predicted octanol–water partition coefficient (Wildman–Crippen LogP) is 4.68. The number of thiophene rings is 1. The number of aliphatic hydroxyl groups excluding tert-OH is 1. The molecule has 2 heterocycles. The van der Waals surface area contributed by atoms with E-state index in [2.05, 4.69) is 28.9 Å². The SMILES string of the molecule is Cc1ccc2c(c1)C(O)CC(c1cc(Br)c(C)s1)O2. The van der Waals surface area contributed by atoms with Gasteiger partial charge in [-0.2, -0.15) is 0 Å². The zero-order valence-electron chi connectivity index (χ0n) is 10.8. The molecule has 0 fully saturated rings. The van der Waals surface area contributed by atoms with Crippen LogP contribution in [-0.4, -0.2) is 5.11 Å². The minimum atomic E-state index is -0.449. The van der Waals surface area contributed by atoms with Crippen LogP contribution < -0.4 is 4.74 Å².